The van der Waals surface area contributed by atoms with Crippen LogP contribution in [0, 0.1) is 11.6 Å². The van der Waals surface area contributed by atoms with Crippen LogP contribution in [-0.2, 0) is 11.3 Å². The molecule has 2 N–H and O–H groups in total. The first-order chi connectivity index (χ1) is 10.0. The number of nitrogen functional groups attached to an aromatic ring is 1. The van der Waals surface area contributed by atoms with Crippen LogP contribution >= 0.6 is 0 Å². The molecule has 0 aromatic heterocycles. The number of esters is 1. The summed E-state index contributed by atoms with van der Waals surface area (Å²) in [6.07, 6.45) is 0. The minimum absolute atomic E-state index is 0.0441. The second kappa shape index (κ2) is 6.21. The third kappa shape index (κ3) is 3.28. The number of anilines is 1. The number of halogens is 2. The molecule has 4 nitrogen and oxygen atoms in total. The van der Waals surface area contributed by atoms with Crippen LogP contribution in [-0.4, -0.2) is 13.1 Å². The zero-order chi connectivity index (χ0) is 15.4. The van der Waals surface area contributed by atoms with Crippen molar-refractivity contribution in [2.24, 2.45) is 0 Å². The van der Waals surface area contributed by atoms with Gasteiger partial charge in [0, 0.05) is 11.3 Å². The minimum atomic E-state index is -0.979. The second-order valence-corrected chi connectivity index (χ2v) is 4.25. The summed E-state index contributed by atoms with van der Waals surface area (Å²) < 4.78 is 36.6. The van der Waals surface area contributed by atoms with Crippen molar-refractivity contribution in [1.29, 1.82) is 0 Å². The van der Waals surface area contributed by atoms with Gasteiger partial charge in [0.2, 0.25) is 0 Å². The van der Waals surface area contributed by atoms with Gasteiger partial charge < -0.3 is 15.2 Å². The first-order valence-electron chi connectivity index (χ1n) is 6.06. The molecule has 0 saturated carbocycles. The average Bonchev–Trinajstić information content (AvgIpc) is 2.49. The van der Waals surface area contributed by atoms with Gasteiger partial charge >= 0.3 is 5.97 Å². The molecule has 0 unspecified atom stereocenters. The van der Waals surface area contributed by atoms with Crippen LogP contribution < -0.4 is 10.5 Å². The van der Waals surface area contributed by atoms with Crippen LogP contribution in [0.5, 0.6) is 5.75 Å². The molecule has 0 radical (unpaired) electrons. The number of nitrogens with two attached hydrogens (primary N) is 1. The Hall–Kier alpha value is -2.63. The number of rotatable bonds is 4. The summed E-state index contributed by atoms with van der Waals surface area (Å²) in [5.41, 5.74) is 6.12. The third-order valence-corrected chi connectivity index (χ3v) is 2.82. The molecule has 0 spiro atoms. The highest BCUT2D eigenvalue weighted by molar-refractivity contribution is 5.93. The second-order valence-electron chi connectivity index (χ2n) is 4.25. The zero-order valence-electron chi connectivity index (χ0n) is 11.2. The standard InChI is InChI=1S/C15H13F2NO3/c1-20-15(19)11-7-10(18)5-6-13(11)21-8-9-3-2-4-12(16)14(9)17/h2-7H,8,18H2,1H3. The summed E-state index contributed by atoms with van der Waals surface area (Å²) in [6, 6.07) is 8.18. The van der Waals surface area contributed by atoms with Gasteiger partial charge in [-0.15, -0.1) is 0 Å². The van der Waals surface area contributed by atoms with E-state index in [1.807, 2.05) is 0 Å². The van der Waals surface area contributed by atoms with Gasteiger partial charge in [0.25, 0.3) is 0 Å². The van der Waals surface area contributed by atoms with Crippen LogP contribution in [0.2, 0.25) is 0 Å². The van der Waals surface area contributed by atoms with Crippen molar-refractivity contribution in [3.05, 3.63) is 59.2 Å². The van der Waals surface area contributed by atoms with E-state index in [9.17, 15) is 13.6 Å². The Labute approximate surface area is 120 Å². The van der Waals surface area contributed by atoms with E-state index in [2.05, 4.69) is 4.74 Å². The summed E-state index contributed by atoms with van der Waals surface area (Å²) in [6.45, 7) is -0.225. The molecule has 0 aliphatic rings. The molecule has 0 bridgehead atoms. The molecule has 6 heteroatoms. The number of hydrogen-bond acceptors (Lipinski definition) is 4. The number of ether oxygens (including phenoxy) is 2. The number of benzene rings is 2. The van der Waals surface area contributed by atoms with Crippen molar-refractivity contribution in [3.8, 4) is 5.75 Å². The van der Waals surface area contributed by atoms with Crippen LogP contribution in [0.15, 0.2) is 36.4 Å². The topological polar surface area (TPSA) is 61.5 Å². The molecule has 21 heavy (non-hydrogen) atoms. The fraction of sp³-hybridized carbons (Fsp3) is 0.133. The van der Waals surface area contributed by atoms with Gasteiger partial charge in [-0.3, -0.25) is 0 Å². The maximum atomic E-state index is 13.5. The Kier molecular flexibility index (Phi) is 4.37. The summed E-state index contributed by atoms with van der Waals surface area (Å²) in [5.74, 6) is -2.38. The Balaban J connectivity index is 2.24. The predicted octanol–water partition coefficient (Wildman–Crippen LogP) is 2.91. The van der Waals surface area contributed by atoms with Crippen molar-refractivity contribution >= 4 is 11.7 Å². The van der Waals surface area contributed by atoms with E-state index in [1.54, 1.807) is 0 Å². The number of methoxy groups -OCH3 is 1. The van der Waals surface area contributed by atoms with E-state index >= 15 is 0 Å². The quantitative estimate of drug-likeness (QED) is 0.695. The number of carbonyl (C=O) groups is 1. The van der Waals surface area contributed by atoms with Gasteiger partial charge in [-0.1, -0.05) is 12.1 Å². The van der Waals surface area contributed by atoms with Crippen molar-refractivity contribution in [3.63, 3.8) is 0 Å². The monoisotopic (exact) mass is 293 g/mol. The van der Waals surface area contributed by atoms with E-state index < -0.39 is 17.6 Å². The fourth-order valence-corrected chi connectivity index (χ4v) is 1.76. The average molecular weight is 293 g/mol. The predicted molar refractivity (Wildman–Crippen MR) is 72.9 cm³/mol. The lowest BCUT2D eigenvalue weighted by Crippen LogP contribution is -2.07. The Morgan fingerprint density at radius 1 is 1.24 bits per heavy atom. The molecule has 2 rings (SSSR count). The molecular formula is C15H13F2NO3. The SMILES string of the molecule is COC(=O)c1cc(N)ccc1OCc1cccc(F)c1F. The first kappa shape index (κ1) is 14.8. The van der Waals surface area contributed by atoms with E-state index in [1.165, 1.54) is 37.4 Å². The Morgan fingerprint density at radius 3 is 2.71 bits per heavy atom. The normalized spacial score (nSPS) is 10.2. The number of hydrogen-bond donors (Lipinski definition) is 1. The third-order valence-electron chi connectivity index (χ3n) is 2.82. The van der Waals surface area contributed by atoms with Gasteiger partial charge in [-0.25, -0.2) is 13.6 Å². The van der Waals surface area contributed by atoms with E-state index in [0.717, 1.165) is 6.07 Å². The number of carbonyl (C=O) groups excluding carboxylic acids is 1. The lowest BCUT2D eigenvalue weighted by molar-refractivity contribution is 0.0595. The van der Waals surface area contributed by atoms with Crippen LogP contribution in [0.25, 0.3) is 0 Å². The molecule has 0 heterocycles. The molecule has 0 atom stereocenters. The van der Waals surface area contributed by atoms with Crippen molar-refractivity contribution in [2.75, 3.05) is 12.8 Å². The highest BCUT2D eigenvalue weighted by Gasteiger charge is 2.15. The summed E-state index contributed by atoms with van der Waals surface area (Å²) in [5, 5.41) is 0. The van der Waals surface area contributed by atoms with E-state index in [4.69, 9.17) is 10.5 Å². The Morgan fingerprint density at radius 2 is 2.00 bits per heavy atom. The van der Waals surface area contributed by atoms with E-state index in [0.29, 0.717) is 5.69 Å². The van der Waals surface area contributed by atoms with Crippen molar-refractivity contribution in [2.45, 2.75) is 6.61 Å². The molecule has 2 aromatic rings. The molecule has 0 fully saturated rings. The van der Waals surface area contributed by atoms with Gasteiger partial charge in [-0.05, 0) is 24.3 Å². The lowest BCUT2D eigenvalue weighted by atomic mass is 10.1. The molecule has 2 aromatic carbocycles. The fourth-order valence-electron chi connectivity index (χ4n) is 1.76. The molecule has 0 amide bonds. The highest BCUT2D eigenvalue weighted by Crippen LogP contribution is 2.24. The largest absolute Gasteiger partial charge is 0.488 e. The smallest absolute Gasteiger partial charge is 0.341 e. The first-order valence-corrected chi connectivity index (χ1v) is 6.06. The van der Waals surface area contributed by atoms with Crippen LogP contribution in [0.3, 0.4) is 0 Å². The minimum Gasteiger partial charge on any atom is -0.488 e. The highest BCUT2D eigenvalue weighted by atomic mass is 19.2. The summed E-state index contributed by atoms with van der Waals surface area (Å²) in [7, 11) is 1.22. The van der Waals surface area contributed by atoms with Gasteiger partial charge in [0.15, 0.2) is 11.6 Å². The van der Waals surface area contributed by atoms with Crippen LogP contribution in [0.1, 0.15) is 15.9 Å². The van der Waals surface area contributed by atoms with Crippen molar-refractivity contribution in [1.82, 2.24) is 0 Å². The molecule has 0 saturated heterocycles. The van der Waals surface area contributed by atoms with Crippen molar-refractivity contribution < 1.29 is 23.0 Å². The molecule has 0 aliphatic carbocycles. The maximum Gasteiger partial charge on any atom is 0.341 e. The lowest BCUT2D eigenvalue weighted by Gasteiger charge is -2.11. The Bertz CT molecular complexity index is 674. The zero-order valence-corrected chi connectivity index (χ0v) is 11.2. The van der Waals surface area contributed by atoms with Crippen LogP contribution in [0.4, 0.5) is 14.5 Å². The van der Waals surface area contributed by atoms with Gasteiger partial charge in [-0.2, -0.15) is 0 Å². The maximum absolute atomic E-state index is 13.5. The molecule has 110 valence electrons. The summed E-state index contributed by atoms with van der Waals surface area (Å²) in [4.78, 5) is 11.6. The molecule has 0 aliphatic heterocycles. The summed E-state index contributed by atoms with van der Waals surface area (Å²) >= 11 is 0. The van der Waals surface area contributed by atoms with Gasteiger partial charge in [0.05, 0.1) is 7.11 Å². The van der Waals surface area contributed by atoms with Gasteiger partial charge in [0.1, 0.15) is 17.9 Å². The van der Waals surface area contributed by atoms with E-state index in [-0.39, 0.29) is 23.5 Å². The molecular weight excluding hydrogens is 280 g/mol.